The first-order valence-electron chi connectivity index (χ1n) is 5.99. The Balaban J connectivity index is 2.31. The summed E-state index contributed by atoms with van der Waals surface area (Å²) >= 11 is 9.02. The van der Waals surface area contributed by atoms with Gasteiger partial charge in [0.05, 0.1) is 21.0 Å². The van der Waals surface area contributed by atoms with Crippen molar-refractivity contribution in [1.29, 1.82) is 0 Å². The van der Waals surface area contributed by atoms with Crippen LogP contribution >= 0.6 is 27.5 Å². The molecule has 0 aliphatic carbocycles. The molecule has 0 unspecified atom stereocenters. The second-order valence-electron chi connectivity index (χ2n) is 3.99. The van der Waals surface area contributed by atoms with Crippen molar-refractivity contribution in [3.63, 3.8) is 0 Å². The lowest BCUT2D eigenvalue weighted by molar-refractivity contribution is 0.337. The Bertz CT molecular complexity index is 736. The van der Waals surface area contributed by atoms with Gasteiger partial charge in [0.15, 0.2) is 0 Å². The maximum Gasteiger partial charge on any atom is 0.263 e. The van der Waals surface area contributed by atoms with E-state index in [2.05, 4.69) is 25.6 Å². The van der Waals surface area contributed by atoms with Crippen molar-refractivity contribution in [3.8, 4) is 5.75 Å². The van der Waals surface area contributed by atoms with E-state index < -0.39 is 10.0 Å². The highest BCUT2D eigenvalue weighted by atomic mass is 79.9. The number of rotatable bonds is 5. The Labute approximate surface area is 136 Å². The monoisotopic (exact) mass is 390 g/mol. The molecule has 2 rings (SSSR count). The van der Waals surface area contributed by atoms with Crippen LogP contribution in [-0.2, 0) is 10.0 Å². The zero-order valence-electron chi connectivity index (χ0n) is 11.0. The molecule has 5 nitrogen and oxygen atoms in total. The summed E-state index contributed by atoms with van der Waals surface area (Å²) in [7, 11) is -3.74. The van der Waals surface area contributed by atoms with E-state index in [0.717, 1.165) is 0 Å². The third-order valence-electron chi connectivity index (χ3n) is 2.48. The molecule has 0 atom stereocenters. The van der Waals surface area contributed by atoms with Gasteiger partial charge in [-0.2, -0.15) is 0 Å². The lowest BCUT2D eigenvalue weighted by atomic mass is 10.3. The summed E-state index contributed by atoms with van der Waals surface area (Å²) in [6.07, 6.45) is 1.37. The van der Waals surface area contributed by atoms with Crippen LogP contribution in [0.4, 0.5) is 5.82 Å². The van der Waals surface area contributed by atoms with Gasteiger partial charge < -0.3 is 4.74 Å². The van der Waals surface area contributed by atoms with E-state index >= 15 is 0 Å². The molecule has 1 N–H and O–H groups in total. The number of halogens is 2. The molecule has 0 aliphatic heterocycles. The topological polar surface area (TPSA) is 68.3 Å². The molecule has 0 amide bonds. The van der Waals surface area contributed by atoms with Gasteiger partial charge in [0.25, 0.3) is 10.0 Å². The van der Waals surface area contributed by atoms with Gasteiger partial charge >= 0.3 is 0 Å². The van der Waals surface area contributed by atoms with Crippen molar-refractivity contribution < 1.29 is 13.2 Å². The van der Waals surface area contributed by atoms with Crippen molar-refractivity contribution >= 4 is 43.4 Å². The Kier molecular flexibility index (Phi) is 5.08. The number of pyridine rings is 1. The van der Waals surface area contributed by atoms with Crippen LogP contribution in [0, 0.1) is 0 Å². The number of anilines is 1. The van der Waals surface area contributed by atoms with Crippen molar-refractivity contribution in [3.05, 3.63) is 46.0 Å². The number of benzene rings is 1. The number of sulfonamides is 1. The van der Waals surface area contributed by atoms with E-state index in [1.54, 1.807) is 12.1 Å². The lowest BCUT2D eigenvalue weighted by Gasteiger charge is -2.10. The molecule has 0 saturated heterocycles. The Hall–Kier alpha value is -1.31. The largest absolute Gasteiger partial charge is 0.493 e. The molecular formula is C13H12BrClN2O3S. The van der Waals surface area contributed by atoms with Crippen molar-refractivity contribution in [2.24, 2.45) is 0 Å². The molecule has 1 heterocycles. The summed E-state index contributed by atoms with van der Waals surface area (Å²) in [4.78, 5) is 3.99. The number of nitrogens with zero attached hydrogens (tertiary/aromatic N) is 1. The number of ether oxygens (including phenoxy) is 1. The molecule has 1 aromatic heterocycles. The van der Waals surface area contributed by atoms with Crippen LogP contribution in [0.1, 0.15) is 6.92 Å². The predicted molar refractivity (Wildman–Crippen MR) is 85.4 cm³/mol. The van der Waals surface area contributed by atoms with E-state index in [1.807, 2.05) is 6.92 Å². The molecule has 112 valence electrons. The van der Waals surface area contributed by atoms with E-state index in [0.29, 0.717) is 21.9 Å². The molecule has 0 spiro atoms. The number of aromatic nitrogens is 1. The Morgan fingerprint density at radius 2 is 2.10 bits per heavy atom. The SMILES string of the molecule is CCOc1cc(S(=O)(=O)Nc2ccc(Cl)cn2)ccc1Br. The molecule has 1 aromatic carbocycles. The van der Waals surface area contributed by atoms with Gasteiger partial charge in [-0.3, -0.25) is 4.72 Å². The van der Waals surface area contributed by atoms with Crippen LogP contribution in [0.15, 0.2) is 45.9 Å². The van der Waals surface area contributed by atoms with E-state index in [1.165, 1.54) is 24.4 Å². The summed E-state index contributed by atoms with van der Waals surface area (Å²) < 4.78 is 33.0. The number of nitrogens with one attached hydrogen (secondary N) is 1. The van der Waals surface area contributed by atoms with Crippen LogP contribution in [0.5, 0.6) is 5.75 Å². The number of hydrogen-bond donors (Lipinski definition) is 1. The van der Waals surface area contributed by atoms with E-state index in [-0.39, 0.29) is 10.7 Å². The van der Waals surface area contributed by atoms with Gasteiger partial charge in [0, 0.05) is 12.3 Å². The smallest absolute Gasteiger partial charge is 0.263 e. The fraction of sp³-hybridized carbons (Fsp3) is 0.154. The summed E-state index contributed by atoms with van der Waals surface area (Å²) in [5.74, 6) is 0.657. The highest BCUT2D eigenvalue weighted by molar-refractivity contribution is 9.10. The minimum absolute atomic E-state index is 0.0888. The zero-order chi connectivity index (χ0) is 15.5. The minimum atomic E-state index is -3.74. The lowest BCUT2D eigenvalue weighted by Crippen LogP contribution is -2.14. The third-order valence-corrected chi connectivity index (χ3v) is 4.71. The molecule has 0 bridgehead atoms. The maximum atomic E-state index is 12.3. The first-order valence-corrected chi connectivity index (χ1v) is 8.64. The molecule has 0 radical (unpaired) electrons. The summed E-state index contributed by atoms with van der Waals surface area (Å²) in [5.41, 5.74) is 0. The second-order valence-corrected chi connectivity index (χ2v) is 6.97. The average molecular weight is 392 g/mol. The first kappa shape index (κ1) is 16.1. The molecule has 0 saturated carbocycles. The first-order chi connectivity index (χ1) is 9.92. The number of hydrogen-bond acceptors (Lipinski definition) is 4. The fourth-order valence-electron chi connectivity index (χ4n) is 1.55. The summed E-state index contributed by atoms with van der Waals surface area (Å²) in [6.45, 7) is 2.26. The van der Waals surface area contributed by atoms with E-state index in [4.69, 9.17) is 16.3 Å². The Morgan fingerprint density at radius 1 is 1.33 bits per heavy atom. The summed E-state index contributed by atoms with van der Waals surface area (Å²) in [5, 5.41) is 0.431. The van der Waals surface area contributed by atoms with Crippen molar-refractivity contribution in [1.82, 2.24) is 4.98 Å². The summed E-state index contributed by atoms with van der Waals surface area (Å²) in [6, 6.07) is 7.59. The van der Waals surface area contributed by atoms with Gasteiger partial charge in [-0.1, -0.05) is 11.6 Å². The predicted octanol–water partition coefficient (Wildman–Crippen LogP) is 3.70. The molecule has 8 heteroatoms. The van der Waals surface area contributed by atoms with Gasteiger partial charge in [0.1, 0.15) is 11.6 Å². The second kappa shape index (κ2) is 6.64. The highest BCUT2D eigenvalue weighted by Crippen LogP contribution is 2.28. The van der Waals surface area contributed by atoms with Crippen molar-refractivity contribution in [2.45, 2.75) is 11.8 Å². The molecule has 0 fully saturated rings. The third kappa shape index (κ3) is 4.09. The molecular weight excluding hydrogens is 380 g/mol. The normalized spacial score (nSPS) is 11.2. The molecule has 21 heavy (non-hydrogen) atoms. The van der Waals surface area contributed by atoms with Crippen LogP contribution in [0.25, 0.3) is 0 Å². The van der Waals surface area contributed by atoms with E-state index in [9.17, 15) is 8.42 Å². The van der Waals surface area contributed by atoms with Gasteiger partial charge in [-0.15, -0.1) is 0 Å². The van der Waals surface area contributed by atoms with Crippen LogP contribution in [0.2, 0.25) is 5.02 Å². The standard InChI is InChI=1S/C13H12BrClN2O3S/c1-2-20-12-7-10(4-5-11(12)14)21(18,19)17-13-6-3-9(15)8-16-13/h3-8H,2H2,1H3,(H,16,17). The quantitative estimate of drug-likeness (QED) is 0.844. The van der Waals surface area contributed by atoms with Gasteiger partial charge in [-0.05, 0) is 47.1 Å². The maximum absolute atomic E-state index is 12.3. The minimum Gasteiger partial charge on any atom is -0.493 e. The highest BCUT2D eigenvalue weighted by Gasteiger charge is 2.17. The van der Waals surface area contributed by atoms with Crippen LogP contribution in [-0.4, -0.2) is 20.0 Å². The Morgan fingerprint density at radius 3 is 2.71 bits per heavy atom. The average Bonchev–Trinajstić information content (AvgIpc) is 2.43. The molecule has 2 aromatic rings. The van der Waals surface area contributed by atoms with Gasteiger partial charge in [-0.25, -0.2) is 13.4 Å². The van der Waals surface area contributed by atoms with Crippen molar-refractivity contribution in [2.75, 3.05) is 11.3 Å². The fourth-order valence-corrected chi connectivity index (χ4v) is 3.05. The molecule has 0 aliphatic rings. The van der Waals surface area contributed by atoms with Crippen LogP contribution < -0.4 is 9.46 Å². The van der Waals surface area contributed by atoms with Crippen LogP contribution in [0.3, 0.4) is 0 Å². The zero-order valence-corrected chi connectivity index (χ0v) is 14.2. The van der Waals surface area contributed by atoms with Gasteiger partial charge in [0.2, 0.25) is 0 Å².